The van der Waals surface area contributed by atoms with Crippen LogP contribution in [0.1, 0.15) is 20.3 Å². The average Bonchev–Trinajstić information content (AvgIpc) is 1.85. The summed E-state index contributed by atoms with van der Waals surface area (Å²) >= 11 is 0. The van der Waals surface area contributed by atoms with Crippen molar-refractivity contribution in [1.82, 2.24) is 0 Å². The highest BCUT2D eigenvalue weighted by Gasteiger charge is 2.33. The standard InChI is InChI=1S/C8H16O3/c1-5-4-7(9)8(10-3)6(2)11-5/h5-9H,4H2,1-3H3/t5-,6?,7?,8+/m1/s1. The zero-order chi connectivity index (χ0) is 8.43. The molecule has 0 aromatic carbocycles. The Labute approximate surface area is 67.3 Å². The molecule has 1 fully saturated rings. The van der Waals surface area contributed by atoms with Gasteiger partial charge >= 0.3 is 0 Å². The Balaban J connectivity index is 2.52. The van der Waals surface area contributed by atoms with Gasteiger partial charge < -0.3 is 14.6 Å². The quantitative estimate of drug-likeness (QED) is 0.609. The van der Waals surface area contributed by atoms with Gasteiger partial charge in [0.2, 0.25) is 0 Å². The van der Waals surface area contributed by atoms with E-state index in [9.17, 15) is 5.11 Å². The van der Waals surface area contributed by atoms with Gasteiger partial charge in [-0.3, -0.25) is 0 Å². The number of hydrogen-bond acceptors (Lipinski definition) is 3. The predicted molar refractivity (Wildman–Crippen MR) is 41.4 cm³/mol. The fourth-order valence-corrected chi connectivity index (χ4v) is 1.64. The molecule has 0 radical (unpaired) electrons. The molecule has 3 heteroatoms. The monoisotopic (exact) mass is 160 g/mol. The lowest BCUT2D eigenvalue weighted by molar-refractivity contribution is -0.167. The normalized spacial score (nSPS) is 45.8. The molecule has 1 aliphatic heterocycles. The lowest BCUT2D eigenvalue weighted by Gasteiger charge is -2.35. The van der Waals surface area contributed by atoms with Gasteiger partial charge in [0.25, 0.3) is 0 Å². The first-order valence-corrected chi connectivity index (χ1v) is 4.01. The Morgan fingerprint density at radius 3 is 2.55 bits per heavy atom. The maximum atomic E-state index is 9.50. The van der Waals surface area contributed by atoms with Gasteiger partial charge in [-0.15, -0.1) is 0 Å². The van der Waals surface area contributed by atoms with Gasteiger partial charge in [-0.05, 0) is 13.8 Å². The Morgan fingerprint density at radius 2 is 2.09 bits per heavy atom. The Hall–Kier alpha value is -0.120. The maximum absolute atomic E-state index is 9.50. The largest absolute Gasteiger partial charge is 0.390 e. The Kier molecular flexibility index (Phi) is 2.87. The number of methoxy groups -OCH3 is 1. The minimum absolute atomic E-state index is 0.00116. The van der Waals surface area contributed by atoms with E-state index in [0.717, 1.165) is 0 Å². The van der Waals surface area contributed by atoms with Crippen LogP contribution in [0.5, 0.6) is 0 Å². The van der Waals surface area contributed by atoms with Crippen molar-refractivity contribution in [3.63, 3.8) is 0 Å². The summed E-state index contributed by atoms with van der Waals surface area (Å²) in [6.07, 6.45) is 0.276. The van der Waals surface area contributed by atoms with E-state index in [0.29, 0.717) is 6.42 Å². The summed E-state index contributed by atoms with van der Waals surface area (Å²) < 4.78 is 10.6. The highest BCUT2D eigenvalue weighted by molar-refractivity contribution is 4.82. The van der Waals surface area contributed by atoms with Crippen LogP contribution in [-0.4, -0.2) is 36.6 Å². The number of aliphatic hydroxyl groups excluding tert-OH is 1. The molecule has 4 atom stereocenters. The molecule has 0 saturated carbocycles. The molecule has 0 bridgehead atoms. The van der Waals surface area contributed by atoms with Gasteiger partial charge in [-0.2, -0.15) is 0 Å². The van der Waals surface area contributed by atoms with Crippen molar-refractivity contribution in [3.8, 4) is 0 Å². The average molecular weight is 160 g/mol. The summed E-state index contributed by atoms with van der Waals surface area (Å²) in [6.45, 7) is 3.89. The van der Waals surface area contributed by atoms with Crippen LogP contribution < -0.4 is 0 Å². The third kappa shape index (κ3) is 1.92. The second kappa shape index (κ2) is 3.52. The SMILES string of the molecule is CO[C@@H]1C(O)C[C@@H](C)OC1C. The molecule has 1 rings (SSSR count). The van der Waals surface area contributed by atoms with Gasteiger partial charge in [-0.25, -0.2) is 0 Å². The molecule has 0 aliphatic carbocycles. The van der Waals surface area contributed by atoms with E-state index in [4.69, 9.17) is 9.47 Å². The van der Waals surface area contributed by atoms with E-state index in [1.807, 2.05) is 13.8 Å². The van der Waals surface area contributed by atoms with Crippen molar-refractivity contribution in [2.45, 2.75) is 44.7 Å². The minimum Gasteiger partial charge on any atom is -0.390 e. The first kappa shape index (κ1) is 8.97. The zero-order valence-corrected chi connectivity index (χ0v) is 7.28. The topological polar surface area (TPSA) is 38.7 Å². The highest BCUT2D eigenvalue weighted by Crippen LogP contribution is 2.21. The predicted octanol–water partition coefficient (Wildman–Crippen LogP) is 0.560. The Morgan fingerprint density at radius 1 is 1.45 bits per heavy atom. The Bertz CT molecular complexity index is 115. The van der Waals surface area contributed by atoms with E-state index in [2.05, 4.69) is 0 Å². The van der Waals surface area contributed by atoms with Crippen LogP contribution in [0.4, 0.5) is 0 Å². The maximum Gasteiger partial charge on any atom is 0.109 e. The van der Waals surface area contributed by atoms with Crippen LogP contribution in [0, 0.1) is 0 Å². The van der Waals surface area contributed by atoms with Crippen molar-refractivity contribution >= 4 is 0 Å². The second-order valence-electron chi connectivity index (χ2n) is 3.16. The van der Waals surface area contributed by atoms with Crippen LogP contribution in [0.3, 0.4) is 0 Å². The third-order valence-corrected chi connectivity index (χ3v) is 2.13. The first-order chi connectivity index (χ1) is 5.15. The van der Waals surface area contributed by atoms with Crippen LogP contribution >= 0.6 is 0 Å². The summed E-state index contributed by atoms with van der Waals surface area (Å²) in [6, 6.07) is 0. The molecule has 3 nitrogen and oxygen atoms in total. The molecular formula is C8H16O3. The van der Waals surface area contributed by atoms with Gasteiger partial charge in [0.1, 0.15) is 6.10 Å². The van der Waals surface area contributed by atoms with Gasteiger partial charge in [0, 0.05) is 13.5 Å². The smallest absolute Gasteiger partial charge is 0.109 e. The number of hydrogen-bond donors (Lipinski definition) is 1. The molecule has 0 amide bonds. The van der Waals surface area contributed by atoms with Gasteiger partial charge in [0.05, 0.1) is 18.3 Å². The molecule has 11 heavy (non-hydrogen) atoms. The summed E-state index contributed by atoms with van der Waals surface area (Å²) in [4.78, 5) is 0. The first-order valence-electron chi connectivity index (χ1n) is 4.01. The molecule has 66 valence electrons. The number of aliphatic hydroxyl groups is 1. The lowest BCUT2D eigenvalue weighted by Crippen LogP contribution is -2.46. The molecule has 1 N–H and O–H groups in total. The molecule has 0 aromatic rings. The van der Waals surface area contributed by atoms with Crippen molar-refractivity contribution in [1.29, 1.82) is 0 Å². The fraction of sp³-hybridized carbons (Fsp3) is 1.00. The molecule has 0 spiro atoms. The second-order valence-corrected chi connectivity index (χ2v) is 3.16. The van der Waals surface area contributed by atoms with E-state index < -0.39 is 0 Å². The summed E-state index contributed by atoms with van der Waals surface area (Å²) in [7, 11) is 1.60. The van der Waals surface area contributed by atoms with Crippen molar-refractivity contribution < 1.29 is 14.6 Å². The van der Waals surface area contributed by atoms with E-state index >= 15 is 0 Å². The van der Waals surface area contributed by atoms with Crippen LogP contribution in [0.15, 0.2) is 0 Å². The molecular weight excluding hydrogens is 144 g/mol. The zero-order valence-electron chi connectivity index (χ0n) is 7.28. The molecule has 1 saturated heterocycles. The summed E-state index contributed by atoms with van der Waals surface area (Å²) in [5, 5.41) is 9.50. The van der Waals surface area contributed by atoms with Crippen molar-refractivity contribution in [3.05, 3.63) is 0 Å². The van der Waals surface area contributed by atoms with E-state index in [-0.39, 0.29) is 24.4 Å². The molecule has 2 unspecified atom stereocenters. The summed E-state index contributed by atoms with van der Waals surface area (Å²) in [5.74, 6) is 0. The van der Waals surface area contributed by atoms with Crippen LogP contribution in [-0.2, 0) is 9.47 Å². The van der Waals surface area contributed by atoms with Gasteiger partial charge in [0.15, 0.2) is 0 Å². The molecule has 1 heterocycles. The highest BCUT2D eigenvalue weighted by atomic mass is 16.6. The van der Waals surface area contributed by atoms with Crippen LogP contribution in [0.2, 0.25) is 0 Å². The van der Waals surface area contributed by atoms with E-state index in [1.165, 1.54) is 0 Å². The lowest BCUT2D eigenvalue weighted by atomic mass is 9.99. The van der Waals surface area contributed by atoms with E-state index in [1.54, 1.807) is 7.11 Å². The fourth-order valence-electron chi connectivity index (χ4n) is 1.64. The minimum atomic E-state index is -0.376. The van der Waals surface area contributed by atoms with Crippen LogP contribution in [0.25, 0.3) is 0 Å². The van der Waals surface area contributed by atoms with Crippen molar-refractivity contribution in [2.24, 2.45) is 0 Å². The summed E-state index contributed by atoms with van der Waals surface area (Å²) in [5.41, 5.74) is 0. The molecule has 1 aliphatic rings. The van der Waals surface area contributed by atoms with Gasteiger partial charge in [-0.1, -0.05) is 0 Å². The molecule has 0 aromatic heterocycles. The number of rotatable bonds is 1. The van der Waals surface area contributed by atoms with Crippen molar-refractivity contribution in [2.75, 3.05) is 7.11 Å². The third-order valence-electron chi connectivity index (χ3n) is 2.13. The number of ether oxygens (including phenoxy) is 2.